The van der Waals surface area contributed by atoms with Crippen molar-refractivity contribution in [3.63, 3.8) is 0 Å². The van der Waals surface area contributed by atoms with E-state index in [1.807, 2.05) is 0 Å². The maximum Gasteiger partial charge on any atom is 0.251 e. The second-order valence-corrected chi connectivity index (χ2v) is 10.2. The second-order valence-electron chi connectivity index (χ2n) is 10.2. The number of hydrogen-bond donors (Lipinski definition) is 5. The monoisotopic (exact) mass is 480 g/mol. The molecule has 5 N–H and O–H groups in total. The minimum Gasteiger partial charge on any atom is -0.381 e. The Labute approximate surface area is 201 Å². The standard InChI is InChI=1S/C24H40N4O6/c1-15(2)18(19(29)22(32)26-16-9-4-7-13-25-20(16)30)27-23(33)24(11-5-3-6-12-24)28-21(31)17-10-8-14-34-17/h15-19,29H,3-14H2,1-2H3,(H,25,30)(H,26,32)(H,27,33)(H,28,31)/t16-,17?,18-,19-/m0/s1. The third-order valence-corrected chi connectivity index (χ3v) is 7.20. The molecule has 1 unspecified atom stereocenters. The number of aliphatic hydroxyl groups is 1. The molecular weight excluding hydrogens is 440 g/mol. The first-order valence-corrected chi connectivity index (χ1v) is 12.7. The number of ether oxygens (including phenoxy) is 1. The number of carbonyl (C=O) groups excluding carboxylic acids is 4. The lowest BCUT2D eigenvalue weighted by Gasteiger charge is -2.39. The van der Waals surface area contributed by atoms with Crippen LogP contribution in [-0.2, 0) is 23.9 Å². The molecule has 10 heteroatoms. The zero-order valence-electron chi connectivity index (χ0n) is 20.4. The van der Waals surface area contributed by atoms with E-state index in [9.17, 15) is 24.3 Å². The molecule has 34 heavy (non-hydrogen) atoms. The van der Waals surface area contributed by atoms with Crippen LogP contribution in [0, 0.1) is 5.92 Å². The van der Waals surface area contributed by atoms with Crippen LogP contribution in [0.15, 0.2) is 0 Å². The van der Waals surface area contributed by atoms with Crippen molar-refractivity contribution in [3.8, 4) is 0 Å². The van der Waals surface area contributed by atoms with Crippen LogP contribution >= 0.6 is 0 Å². The van der Waals surface area contributed by atoms with Gasteiger partial charge in [0.05, 0.1) is 6.04 Å². The maximum atomic E-state index is 13.5. The Kier molecular flexibility index (Phi) is 9.30. The lowest BCUT2D eigenvalue weighted by atomic mass is 9.80. The highest BCUT2D eigenvalue weighted by Crippen LogP contribution is 2.30. The molecule has 1 saturated carbocycles. The first-order valence-electron chi connectivity index (χ1n) is 12.7. The third-order valence-electron chi connectivity index (χ3n) is 7.20. The van der Waals surface area contributed by atoms with Crippen molar-refractivity contribution in [2.75, 3.05) is 13.2 Å². The van der Waals surface area contributed by atoms with E-state index in [-0.39, 0.29) is 17.7 Å². The van der Waals surface area contributed by atoms with Crippen molar-refractivity contribution >= 4 is 23.6 Å². The van der Waals surface area contributed by atoms with Gasteiger partial charge in [0.25, 0.3) is 5.91 Å². The molecule has 192 valence electrons. The van der Waals surface area contributed by atoms with E-state index >= 15 is 0 Å². The molecule has 1 aliphatic carbocycles. The predicted octanol–water partition coefficient (Wildman–Crippen LogP) is 0.271. The number of rotatable bonds is 8. The van der Waals surface area contributed by atoms with E-state index in [4.69, 9.17) is 4.74 Å². The molecule has 3 rings (SSSR count). The number of carbonyl (C=O) groups is 4. The van der Waals surface area contributed by atoms with Crippen molar-refractivity contribution in [1.82, 2.24) is 21.3 Å². The largest absolute Gasteiger partial charge is 0.381 e. The van der Waals surface area contributed by atoms with Gasteiger partial charge in [0.15, 0.2) is 6.10 Å². The molecular formula is C24H40N4O6. The Morgan fingerprint density at radius 2 is 1.79 bits per heavy atom. The van der Waals surface area contributed by atoms with Gasteiger partial charge in [-0.1, -0.05) is 33.1 Å². The minimum atomic E-state index is -1.53. The van der Waals surface area contributed by atoms with Crippen molar-refractivity contribution in [1.29, 1.82) is 0 Å². The second kappa shape index (κ2) is 12.0. The zero-order valence-corrected chi connectivity index (χ0v) is 20.4. The Hall–Kier alpha value is -2.20. The SMILES string of the molecule is CC(C)[C@H](NC(=O)C1(NC(=O)C2CCCO2)CCCCC1)[C@H](O)C(=O)N[C@H]1CCCCNC1=O. The summed E-state index contributed by atoms with van der Waals surface area (Å²) in [5.41, 5.74) is -1.09. The summed E-state index contributed by atoms with van der Waals surface area (Å²) in [5.74, 6) is -1.89. The molecule has 3 fully saturated rings. The van der Waals surface area contributed by atoms with Gasteiger partial charge in [0, 0.05) is 13.2 Å². The molecule has 0 spiro atoms. The normalized spacial score (nSPS) is 26.6. The molecule has 2 heterocycles. The van der Waals surface area contributed by atoms with Crippen molar-refractivity contribution in [2.45, 2.75) is 108 Å². The van der Waals surface area contributed by atoms with E-state index in [2.05, 4.69) is 21.3 Å². The van der Waals surface area contributed by atoms with Crippen molar-refractivity contribution in [3.05, 3.63) is 0 Å². The van der Waals surface area contributed by atoms with Crippen LogP contribution in [0.3, 0.4) is 0 Å². The van der Waals surface area contributed by atoms with Gasteiger partial charge in [-0.15, -0.1) is 0 Å². The predicted molar refractivity (Wildman–Crippen MR) is 124 cm³/mol. The molecule has 0 aromatic carbocycles. The van der Waals surface area contributed by atoms with Crippen LogP contribution in [0.2, 0.25) is 0 Å². The summed E-state index contributed by atoms with van der Waals surface area (Å²) in [6.45, 7) is 4.71. The molecule has 4 amide bonds. The molecule has 2 aliphatic heterocycles. The van der Waals surface area contributed by atoms with E-state index in [0.717, 1.165) is 38.5 Å². The van der Waals surface area contributed by atoms with Gasteiger partial charge in [0.1, 0.15) is 17.7 Å². The first kappa shape index (κ1) is 26.4. The average Bonchev–Trinajstić information content (AvgIpc) is 3.29. The molecule has 3 aliphatic rings. The fourth-order valence-electron chi connectivity index (χ4n) is 5.06. The molecule has 4 atom stereocenters. The van der Waals surface area contributed by atoms with Gasteiger partial charge in [-0.2, -0.15) is 0 Å². The summed E-state index contributed by atoms with van der Waals surface area (Å²) in [6.07, 6.45) is 5.05. The fourth-order valence-corrected chi connectivity index (χ4v) is 5.06. The van der Waals surface area contributed by atoms with Gasteiger partial charge >= 0.3 is 0 Å². The van der Waals surface area contributed by atoms with Crippen LogP contribution in [0.4, 0.5) is 0 Å². The number of hydrogen-bond acceptors (Lipinski definition) is 6. The molecule has 10 nitrogen and oxygen atoms in total. The van der Waals surface area contributed by atoms with Crippen LogP contribution < -0.4 is 21.3 Å². The Bertz CT molecular complexity index is 746. The highest BCUT2D eigenvalue weighted by Gasteiger charge is 2.44. The Morgan fingerprint density at radius 1 is 1.06 bits per heavy atom. The summed E-state index contributed by atoms with van der Waals surface area (Å²) < 4.78 is 5.49. The summed E-state index contributed by atoms with van der Waals surface area (Å²) in [4.78, 5) is 51.3. The van der Waals surface area contributed by atoms with Gasteiger partial charge in [-0.25, -0.2) is 0 Å². The molecule has 0 aromatic heterocycles. The van der Waals surface area contributed by atoms with Gasteiger partial charge in [-0.05, 0) is 50.9 Å². The quantitative estimate of drug-likeness (QED) is 0.337. The zero-order chi connectivity index (χ0) is 24.7. The highest BCUT2D eigenvalue weighted by atomic mass is 16.5. The van der Waals surface area contributed by atoms with Gasteiger partial charge in [0.2, 0.25) is 17.7 Å². The topological polar surface area (TPSA) is 146 Å². The van der Waals surface area contributed by atoms with E-state index in [0.29, 0.717) is 38.8 Å². The summed E-state index contributed by atoms with van der Waals surface area (Å²) in [6, 6.07) is -1.58. The molecule has 0 aromatic rings. The highest BCUT2D eigenvalue weighted by molar-refractivity contribution is 5.94. The molecule has 2 saturated heterocycles. The van der Waals surface area contributed by atoms with Crippen LogP contribution in [-0.4, -0.2) is 71.7 Å². The van der Waals surface area contributed by atoms with Crippen molar-refractivity contribution < 1.29 is 29.0 Å². The maximum absolute atomic E-state index is 13.5. The summed E-state index contributed by atoms with van der Waals surface area (Å²) >= 11 is 0. The number of aliphatic hydroxyl groups excluding tert-OH is 1. The van der Waals surface area contributed by atoms with Gasteiger partial charge in [-0.3, -0.25) is 19.2 Å². The van der Waals surface area contributed by atoms with Crippen LogP contribution in [0.25, 0.3) is 0 Å². The summed E-state index contributed by atoms with van der Waals surface area (Å²) in [5, 5.41) is 22.1. The Balaban J connectivity index is 1.68. The molecule has 0 radical (unpaired) electrons. The number of amides is 4. The Morgan fingerprint density at radius 3 is 2.44 bits per heavy atom. The average molecular weight is 481 g/mol. The van der Waals surface area contributed by atoms with E-state index in [1.165, 1.54) is 0 Å². The fraction of sp³-hybridized carbons (Fsp3) is 0.833. The van der Waals surface area contributed by atoms with E-state index < -0.39 is 41.6 Å². The lowest BCUT2D eigenvalue weighted by Crippen LogP contribution is -2.65. The van der Waals surface area contributed by atoms with Crippen LogP contribution in [0.1, 0.15) is 78.1 Å². The van der Waals surface area contributed by atoms with Gasteiger partial charge < -0.3 is 31.1 Å². The molecule has 0 bridgehead atoms. The van der Waals surface area contributed by atoms with Crippen LogP contribution in [0.5, 0.6) is 0 Å². The minimum absolute atomic E-state index is 0.262. The first-order chi connectivity index (χ1) is 16.2. The lowest BCUT2D eigenvalue weighted by molar-refractivity contribution is -0.142. The third kappa shape index (κ3) is 6.47. The van der Waals surface area contributed by atoms with E-state index in [1.54, 1.807) is 13.8 Å². The summed E-state index contributed by atoms with van der Waals surface area (Å²) in [7, 11) is 0. The smallest absolute Gasteiger partial charge is 0.251 e. The number of nitrogens with one attached hydrogen (secondary N) is 4. The van der Waals surface area contributed by atoms with Crippen molar-refractivity contribution in [2.24, 2.45) is 5.92 Å².